The van der Waals surface area contributed by atoms with Crippen molar-refractivity contribution in [3.8, 4) is 5.75 Å². The smallest absolute Gasteiger partial charge is 0.223 e. The molecule has 1 amide bonds. The van der Waals surface area contributed by atoms with E-state index in [0.29, 0.717) is 0 Å². The molecule has 5 nitrogen and oxygen atoms in total. The second kappa shape index (κ2) is 4.89. The summed E-state index contributed by atoms with van der Waals surface area (Å²) in [5.41, 5.74) is 8.81. The van der Waals surface area contributed by atoms with Gasteiger partial charge in [0.25, 0.3) is 0 Å². The number of nitrogens with zero attached hydrogens (tertiary/aromatic N) is 3. The SMILES string of the molecule is COc1ccc(CC(=O)N=[N+]=[N-])cc1. The molecule has 0 saturated heterocycles. The van der Waals surface area contributed by atoms with E-state index >= 15 is 0 Å². The van der Waals surface area contributed by atoms with E-state index in [9.17, 15) is 4.79 Å². The van der Waals surface area contributed by atoms with Crippen LogP contribution in [0.2, 0.25) is 0 Å². The minimum absolute atomic E-state index is 0.119. The molecule has 0 atom stereocenters. The van der Waals surface area contributed by atoms with Crippen molar-refractivity contribution in [1.29, 1.82) is 0 Å². The highest BCUT2D eigenvalue weighted by Crippen LogP contribution is 2.11. The maximum absolute atomic E-state index is 10.9. The lowest BCUT2D eigenvalue weighted by molar-refractivity contribution is -0.117. The van der Waals surface area contributed by atoms with E-state index in [1.165, 1.54) is 0 Å². The number of hydrogen-bond donors (Lipinski definition) is 0. The second-order valence-electron chi connectivity index (χ2n) is 2.61. The van der Waals surface area contributed by atoms with Gasteiger partial charge in [-0.05, 0) is 28.3 Å². The van der Waals surface area contributed by atoms with Crippen LogP contribution in [0, 0.1) is 0 Å². The molecule has 0 spiro atoms. The zero-order valence-corrected chi connectivity index (χ0v) is 7.67. The van der Waals surface area contributed by atoms with E-state index in [2.05, 4.69) is 10.0 Å². The Morgan fingerprint density at radius 3 is 2.64 bits per heavy atom. The van der Waals surface area contributed by atoms with Crippen LogP contribution in [0.3, 0.4) is 0 Å². The average molecular weight is 191 g/mol. The molecule has 1 aromatic rings. The number of carbonyl (C=O) groups is 1. The van der Waals surface area contributed by atoms with E-state index in [1.807, 2.05) is 0 Å². The van der Waals surface area contributed by atoms with E-state index in [0.717, 1.165) is 11.3 Å². The van der Waals surface area contributed by atoms with Gasteiger partial charge in [0, 0.05) is 11.3 Å². The quantitative estimate of drug-likeness (QED) is 0.416. The molecule has 14 heavy (non-hydrogen) atoms. The van der Waals surface area contributed by atoms with Crippen LogP contribution in [-0.4, -0.2) is 13.0 Å². The number of amides is 1. The lowest BCUT2D eigenvalue weighted by Gasteiger charge is -2.00. The number of rotatable bonds is 3. The Hall–Kier alpha value is -2.00. The summed E-state index contributed by atoms with van der Waals surface area (Å²) in [5, 5.41) is 2.97. The predicted octanol–water partition coefficient (Wildman–Crippen LogP) is 2.07. The molecule has 0 fully saturated rings. The third-order valence-corrected chi connectivity index (χ3v) is 1.67. The molecular weight excluding hydrogens is 182 g/mol. The molecule has 5 heteroatoms. The van der Waals surface area contributed by atoms with Crippen LogP contribution in [0.25, 0.3) is 10.4 Å². The summed E-state index contributed by atoms with van der Waals surface area (Å²) in [6.45, 7) is 0. The number of carbonyl (C=O) groups excluding carboxylic acids is 1. The van der Waals surface area contributed by atoms with Crippen molar-refractivity contribution in [3.05, 3.63) is 40.3 Å². The van der Waals surface area contributed by atoms with Crippen molar-refractivity contribution in [3.63, 3.8) is 0 Å². The van der Waals surface area contributed by atoms with Gasteiger partial charge in [-0.2, -0.15) is 0 Å². The molecular formula is C9H9N3O2. The zero-order valence-electron chi connectivity index (χ0n) is 7.67. The third-order valence-electron chi connectivity index (χ3n) is 1.67. The van der Waals surface area contributed by atoms with Gasteiger partial charge in [-0.3, -0.25) is 4.79 Å². The number of hydrogen-bond acceptors (Lipinski definition) is 2. The first kappa shape index (κ1) is 10.1. The molecule has 0 heterocycles. The fraction of sp³-hybridized carbons (Fsp3) is 0.222. The number of ether oxygens (including phenoxy) is 1. The third kappa shape index (κ3) is 2.80. The van der Waals surface area contributed by atoms with Gasteiger partial charge in [0.2, 0.25) is 5.91 Å². The van der Waals surface area contributed by atoms with Crippen LogP contribution in [0.4, 0.5) is 0 Å². The minimum atomic E-state index is -0.488. The minimum Gasteiger partial charge on any atom is -0.497 e. The Morgan fingerprint density at radius 1 is 1.50 bits per heavy atom. The molecule has 0 N–H and O–H groups in total. The van der Waals surface area contributed by atoms with Crippen LogP contribution in [0.1, 0.15) is 5.56 Å². The number of azide groups is 1. The fourth-order valence-corrected chi connectivity index (χ4v) is 1.00. The molecule has 0 radical (unpaired) electrons. The molecule has 1 aromatic carbocycles. The molecule has 0 aliphatic carbocycles. The first-order valence-electron chi connectivity index (χ1n) is 3.97. The maximum Gasteiger partial charge on any atom is 0.223 e. The van der Waals surface area contributed by atoms with Crippen molar-refractivity contribution >= 4 is 5.91 Å². The first-order chi connectivity index (χ1) is 6.76. The Balaban J connectivity index is 2.68. The van der Waals surface area contributed by atoms with Crippen molar-refractivity contribution in [2.45, 2.75) is 6.42 Å². The summed E-state index contributed by atoms with van der Waals surface area (Å²) in [5.74, 6) is 0.239. The van der Waals surface area contributed by atoms with Crippen LogP contribution in [-0.2, 0) is 11.2 Å². The lowest BCUT2D eigenvalue weighted by atomic mass is 10.1. The first-order valence-corrected chi connectivity index (χ1v) is 3.97. The van der Waals surface area contributed by atoms with Gasteiger partial charge >= 0.3 is 0 Å². The molecule has 1 rings (SSSR count). The topological polar surface area (TPSA) is 75.1 Å². The van der Waals surface area contributed by atoms with Crippen LogP contribution >= 0.6 is 0 Å². The highest BCUT2D eigenvalue weighted by Gasteiger charge is 2.00. The maximum atomic E-state index is 10.9. The van der Waals surface area contributed by atoms with E-state index < -0.39 is 5.91 Å². The van der Waals surface area contributed by atoms with E-state index in [4.69, 9.17) is 10.3 Å². The Morgan fingerprint density at radius 2 is 2.14 bits per heavy atom. The molecule has 0 aromatic heterocycles. The van der Waals surface area contributed by atoms with Crippen molar-refractivity contribution < 1.29 is 9.53 Å². The van der Waals surface area contributed by atoms with E-state index in [1.54, 1.807) is 31.4 Å². The van der Waals surface area contributed by atoms with Crippen LogP contribution in [0.5, 0.6) is 5.75 Å². The highest BCUT2D eigenvalue weighted by molar-refractivity contribution is 5.79. The Kier molecular flexibility index (Phi) is 3.52. The lowest BCUT2D eigenvalue weighted by Crippen LogP contribution is -1.97. The van der Waals surface area contributed by atoms with Gasteiger partial charge in [-0.1, -0.05) is 12.1 Å². The Labute approximate surface area is 80.9 Å². The van der Waals surface area contributed by atoms with Crippen LogP contribution < -0.4 is 4.74 Å². The summed E-state index contributed by atoms with van der Waals surface area (Å²) in [7, 11) is 1.57. The van der Waals surface area contributed by atoms with Gasteiger partial charge in [0.1, 0.15) is 5.75 Å². The van der Waals surface area contributed by atoms with Gasteiger partial charge in [-0.25, -0.2) is 0 Å². The summed E-state index contributed by atoms with van der Waals surface area (Å²) >= 11 is 0. The standard InChI is InChI=1S/C9H9N3O2/c1-14-8-4-2-7(3-5-8)6-9(13)11-12-10/h2-5H,6H2,1H3. The molecule has 0 unspecified atom stereocenters. The summed E-state index contributed by atoms with van der Waals surface area (Å²) < 4.78 is 4.95. The molecule has 0 saturated carbocycles. The van der Waals surface area contributed by atoms with Crippen molar-refractivity contribution in [2.75, 3.05) is 7.11 Å². The van der Waals surface area contributed by atoms with Gasteiger partial charge < -0.3 is 4.74 Å². The van der Waals surface area contributed by atoms with E-state index in [-0.39, 0.29) is 6.42 Å². The van der Waals surface area contributed by atoms with Gasteiger partial charge in [-0.15, -0.1) is 0 Å². The second-order valence-corrected chi connectivity index (χ2v) is 2.61. The highest BCUT2D eigenvalue weighted by atomic mass is 16.5. The van der Waals surface area contributed by atoms with Gasteiger partial charge in [0.05, 0.1) is 7.11 Å². The largest absolute Gasteiger partial charge is 0.497 e. The van der Waals surface area contributed by atoms with Gasteiger partial charge in [0.15, 0.2) is 0 Å². The average Bonchev–Trinajstić information content (AvgIpc) is 2.19. The zero-order chi connectivity index (χ0) is 10.4. The summed E-state index contributed by atoms with van der Waals surface area (Å²) in [6.07, 6.45) is 0.119. The number of benzene rings is 1. The normalized spacial score (nSPS) is 8.93. The molecule has 0 aliphatic rings. The molecule has 0 aliphatic heterocycles. The number of methoxy groups -OCH3 is 1. The summed E-state index contributed by atoms with van der Waals surface area (Å²) in [6, 6.07) is 7.00. The molecule has 0 bridgehead atoms. The molecule has 72 valence electrons. The Bertz CT molecular complexity index is 366. The van der Waals surface area contributed by atoms with Crippen LogP contribution in [0.15, 0.2) is 29.4 Å². The fourth-order valence-electron chi connectivity index (χ4n) is 1.00. The van der Waals surface area contributed by atoms with Crippen molar-refractivity contribution in [1.82, 2.24) is 0 Å². The monoisotopic (exact) mass is 191 g/mol. The van der Waals surface area contributed by atoms with Crippen molar-refractivity contribution in [2.24, 2.45) is 5.11 Å². The predicted molar refractivity (Wildman–Crippen MR) is 50.9 cm³/mol. The summed E-state index contributed by atoms with van der Waals surface area (Å²) in [4.78, 5) is 13.3.